The third-order valence-corrected chi connectivity index (χ3v) is 5.34. The van der Waals surface area contributed by atoms with Crippen LogP contribution in [0.25, 0.3) is 0 Å². The highest BCUT2D eigenvalue weighted by atomic mass is 35.5. The van der Waals surface area contributed by atoms with Crippen molar-refractivity contribution in [1.29, 1.82) is 0 Å². The second-order valence-corrected chi connectivity index (χ2v) is 8.36. The van der Waals surface area contributed by atoms with Crippen LogP contribution >= 0.6 is 11.6 Å². The summed E-state index contributed by atoms with van der Waals surface area (Å²) in [4.78, 5) is 24.7. The molecule has 1 saturated heterocycles. The summed E-state index contributed by atoms with van der Waals surface area (Å²) in [5.41, 5.74) is 0. The first-order valence-electron chi connectivity index (χ1n) is 10.1. The van der Waals surface area contributed by atoms with Gasteiger partial charge in [0, 0.05) is 12.4 Å². The largest absolute Gasteiger partial charge is 0.387 e. The maximum atomic E-state index is 12.7. The van der Waals surface area contributed by atoms with Crippen LogP contribution in [0.1, 0.15) is 46.0 Å². The predicted octanol–water partition coefficient (Wildman–Crippen LogP) is 1.40. The molecule has 10 nitrogen and oxygen atoms in total. The first kappa shape index (κ1) is 24.2. The monoisotopic (exact) mass is 437 g/mol. The van der Waals surface area contributed by atoms with Crippen LogP contribution in [0.15, 0.2) is 5.29 Å². The molecule has 0 aromatic rings. The molecule has 5 atom stereocenters. The number of nitrogens with zero attached hydrogens (tertiary/aromatic N) is 3. The number of amides is 2. The number of rotatable bonds is 9. The first-order valence-corrected chi connectivity index (χ1v) is 10.7. The number of nitroso groups, excluding NO2 is 1. The van der Waals surface area contributed by atoms with Gasteiger partial charge in [-0.05, 0) is 18.8 Å². The van der Waals surface area contributed by atoms with Gasteiger partial charge in [-0.3, -0.25) is 4.90 Å². The standard InChI is InChI=1S/C18H32ClN3O7/c1-11(2)10-21(18(26)22(20-27)9-8-19)16(25)15-13(23)14(24)17(29-15)28-12-6-4-3-5-7-12/h11-17,23-25H,3-10H2,1-2H3/t13-,14+,15+,16?,17+/m0/s1. The Morgan fingerprint density at radius 2 is 1.90 bits per heavy atom. The number of alkyl halides is 1. The Morgan fingerprint density at radius 1 is 1.24 bits per heavy atom. The van der Waals surface area contributed by atoms with E-state index in [4.69, 9.17) is 21.1 Å². The zero-order chi connectivity index (χ0) is 21.6. The van der Waals surface area contributed by atoms with E-state index in [-0.39, 0.29) is 31.0 Å². The molecule has 0 radical (unpaired) electrons. The highest BCUT2D eigenvalue weighted by Crippen LogP contribution is 2.30. The molecule has 0 aromatic carbocycles. The molecule has 1 heterocycles. The van der Waals surface area contributed by atoms with Gasteiger partial charge >= 0.3 is 6.03 Å². The molecule has 2 rings (SSSR count). The molecule has 2 fully saturated rings. The second-order valence-electron chi connectivity index (χ2n) is 7.98. The molecule has 0 spiro atoms. The van der Waals surface area contributed by atoms with Crippen LogP contribution in [0.5, 0.6) is 0 Å². The van der Waals surface area contributed by atoms with Crippen molar-refractivity contribution in [3.8, 4) is 0 Å². The number of carbonyl (C=O) groups is 1. The van der Waals surface area contributed by atoms with Crippen molar-refractivity contribution in [2.75, 3.05) is 19.0 Å². The van der Waals surface area contributed by atoms with Crippen LogP contribution < -0.4 is 0 Å². The summed E-state index contributed by atoms with van der Waals surface area (Å²) in [5.74, 6) is -0.0716. The van der Waals surface area contributed by atoms with Gasteiger partial charge in [-0.1, -0.05) is 33.1 Å². The van der Waals surface area contributed by atoms with E-state index < -0.39 is 36.9 Å². The molecule has 1 aliphatic heterocycles. The van der Waals surface area contributed by atoms with Gasteiger partial charge in [0.15, 0.2) is 12.5 Å². The third-order valence-electron chi connectivity index (χ3n) is 5.17. The van der Waals surface area contributed by atoms with Crippen molar-refractivity contribution in [3.05, 3.63) is 4.91 Å². The lowest BCUT2D eigenvalue weighted by Crippen LogP contribution is -2.55. The van der Waals surface area contributed by atoms with Gasteiger partial charge < -0.3 is 24.8 Å². The maximum Gasteiger partial charge on any atom is 0.345 e. The minimum atomic E-state index is -1.62. The van der Waals surface area contributed by atoms with Crippen molar-refractivity contribution in [2.24, 2.45) is 11.2 Å². The summed E-state index contributed by atoms with van der Waals surface area (Å²) in [6, 6.07) is -0.858. The molecule has 0 aromatic heterocycles. The van der Waals surface area contributed by atoms with E-state index in [1.54, 1.807) is 0 Å². The molecule has 11 heteroatoms. The molecule has 0 bridgehead atoms. The van der Waals surface area contributed by atoms with Crippen LogP contribution in [0, 0.1) is 10.8 Å². The number of hydrogen-bond donors (Lipinski definition) is 3. The van der Waals surface area contributed by atoms with Gasteiger partial charge in [0.1, 0.15) is 18.3 Å². The van der Waals surface area contributed by atoms with E-state index in [0.29, 0.717) is 5.01 Å². The Labute approximate surface area is 175 Å². The number of aliphatic hydroxyl groups is 3. The molecule has 29 heavy (non-hydrogen) atoms. The van der Waals surface area contributed by atoms with Gasteiger partial charge in [0.25, 0.3) is 0 Å². The van der Waals surface area contributed by atoms with Crippen LogP contribution in [0.4, 0.5) is 4.79 Å². The second kappa shape index (κ2) is 11.4. The molecule has 2 amide bonds. The fraction of sp³-hybridized carbons (Fsp3) is 0.944. The Balaban J connectivity index is 2.11. The molecular formula is C18H32ClN3O7. The van der Waals surface area contributed by atoms with Gasteiger partial charge in [0.05, 0.1) is 17.9 Å². The summed E-state index contributed by atoms with van der Waals surface area (Å²) in [5, 5.41) is 34.8. The normalized spacial score (nSPS) is 29.1. The lowest BCUT2D eigenvalue weighted by Gasteiger charge is -2.35. The average Bonchev–Trinajstić information content (AvgIpc) is 2.98. The number of aliphatic hydroxyl groups excluding tert-OH is 3. The third kappa shape index (κ3) is 6.22. The number of urea groups is 1. The summed E-state index contributed by atoms with van der Waals surface area (Å²) in [6.07, 6.45) is -2.08. The van der Waals surface area contributed by atoms with E-state index in [1.165, 1.54) is 0 Å². The van der Waals surface area contributed by atoms with Crippen LogP contribution in [0.3, 0.4) is 0 Å². The SMILES string of the molecule is CC(C)CN(C(=O)N(CCCl)N=O)C(O)[C@@H]1O[C@@H](OC2CCCCC2)[C@H](O)[C@@H]1O. The van der Waals surface area contributed by atoms with E-state index >= 15 is 0 Å². The summed E-state index contributed by atoms with van der Waals surface area (Å²) in [7, 11) is 0. The van der Waals surface area contributed by atoms with E-state index in [1.807, 2.05) is 13.8 Å². The Hall–Kier alpha value is -1.04. The van der Waals surface area contributed by atoms with Crippen molar-refractivity contribution >= 4 is 17.6 Å². The van der Waals surface area contributed by atoms with Crippen molar-refractivity contribution in [1.82, 2.24) is 9.91 Å². The fourth-order valence-electron chi connectivity index (χ4n) is 3.69. The molecule has 1 aliphatic carbocycles. The van der Waals surface area contributed by atoms with Gasteiger partial charge in [0.2, 0.25) is 0 Å². The molecular weight excluding hydrogens is 406 g/mol. The lowest BCUT2D eigenvalue weighted by atomic mass is 9.98. The molecule has 3 N–H and O–H groups in total. The topological polar surface area (TPSA) is 132 Å². The van der Waals surface area contributed by atoms with Gasteiger partial charge in [-0.2, -0.15) is 5.01 Å². The zero-order valence-corrected chi connectivity index (χ0v) is 17.6. The minimum absolute atomic E-state index is 0.0122. The van der Waals surface area contributed by atoms with Crippen LogP contribution in [0.2, 0.25) is 0 Å². The number of ether oxygens (including phenoxy) is 2. The zero-order valence-electron chi connectivity index (χ0n) is 16.9. The maximum absolute atomic E-state index is 12.7. The molecule has 168 valence electrons. The summed E-state index contributed by atoms with van der Waals surface area (Å²) < 4.78 is 11.4. The molecule has 2 aliphatic rings. The highest BCUT2D eigenvalue weighted by Gasteiger charge is 2.50. The minimum Gasteiger partial charge on any atom is -0.387 e. The van der Waals surface area contributed by atoms with Crippen molar-refractivity contribution in [3.63, 3.8) is 0 Å². The van der Waals surface area contributed by atoms with Gasteiger partial charge in [-0.15, -0.1) is 16.5 Å². The van der Waals surface area contributed by atoms with Gasteiger partial charge in [-0.25, -0.2) is 4.79 Å². The van der Waals surface area contributed by atoms with Crippen molar-refractivity contribution in [2.45, 2.75) is 82.9 Å². The van der Waals surface area contributed by atoms with E-state index in [0.717, 1.165) is 37.0 Å². The Bertz CT molecular complexity index is 536. The fourth-order valence-corrected chi connectivity index (χ4v) is 3.85. The Kier molecular flexibility index (Phi) is 9.51. The lowest BCUT2D eigenvalue weighted by molar-refractivity contribution is -0.213. The number of halogens is 1. The smallest absolute Gasteiger partial charge is 0.345 e. The van der Waals surface area contributed by atoms with Crippen LogP contribution in [-0.2, 0) is 9.47 Å². The van der Waals surface area contributed by atoms with E-state index in [9.17, 15) is 25.0 Å². The van der Waals surface area contributed by atoms with Crippen LogP contribution in [-0.4, -0.2) is 87.2 Å². The predicted molar refractivity (Wildman–Crippen MR) is 105 cm³/mol. The molecule has 1 unspecified atom stereocenters. The highest BCUT2D eigenvalue weighted by molar-refractivity contribution is 6.18. The Morgan fingerprint density at radius 3 is 2.45 bits per heavy atom. The quantitative estimate of drug-likeness (QED) is 0.215. The summed E-state index contributed by atoms with van der Waals surface area (Å²) >= 11 is 5.60. The van der Waals surface area contributed by atoms with Crippen molar-refractivity contribution < 1.29 is 29.6 Å². The first-order chi connectivity index (χ1) is 13.8. The number of carbonyl (C=O) groups excluding carboxylic acids is 1. The van der Waals surface area contributed by atoms with E-state index in [2.05, 4.69) is 5.29 Å². The average molecular weight is 438 g/mol. The number of hydrogen-bond acceptors (Lipinski definition) is 8. The molecule has 1 saturated carbocycles. The summed E-state index contributed by atoms with van der Waals surface area (Å²) in [6.45, 7) is 3.59.